The first-order chi connectivity index (χ1) is 16.3. The first kappa shape index (κ1) is 24.4. The second kappa shape index (κ2) is 10.2. The van der Waals surface area contributed by atoms with Crippen molar-refractivity contribution in [3.8, 4) is 0 Å². The van der Waals surface area contributed by atoms with E-state index in [2.05, 4.69) is 45.0 Å². The summed E-state index contributed by atoms with van der Waals surface area (Å²) in [4.78, 5) is 12.7. The van der Waals surface area contributed by atoms with Crippen LogP contribution in [0.4, 0.5) is 0 Å². The zero-order valence-electron chi connectivity index (χ0n) is 19.9. The Hall–Kier alpha value is -2.77. The Balaban J connectivity index is 1.62. The van der Waals surface area contributed by atoms with Crippen molar-refractivity contribution in [2.24, 2.45) is 0 Å². The number of benzene rings is 3. The number of carbonyl (C=O) groups excluding carboxylic acids is 1. The maximum atomic E-state index is 12.7. The summed E-state index contributed by atoms with van der Waals surface area (Å²) in [6, 6.07) is 29.5. The van der Waals surface area contributed by atoms with Crippen molar-refractivity contribution < 1.29 is 23.8 Å². The Morgan fingerprint density at radius 1 is 0.912 bits per heavy atom. The van der Waals surface area contributed by atoms with Crippen LogP contribution in [0.1, 0.15) is 37.6 Å². The van der Waals surface area contributed by atoms with Crippen LogP contribution < -0.4 is 10.4 Å². The lowest BCUT2D eigenvalue weighted by Crippen LogP contribution is -2.67. The van der Waals surface area contributed by atoms with Crippen LogP contribution in [0.2, 0.25) is 5.04 Å². The van der Waals surface area contributed by atoms with Gasteiger partial charge in [-0.25, -0.2) is 4.79 Å². The highest BCUT2D eigenvalue weighted by Crippen LogP contribution is 2.37. The first-order valence-electron chi connectivity index (χ1n) is 11.7. The van der Waals surface area contributed by atoms with Crippen molar-refractivity contribution in [1.29, 1.82) is 0 Å². The van der Waals surface area contributed by atoms with E-state index in [1.54, 1.807) is 24.3 Å². The molecule has 1 aliphatic heterocycles. The smallest absolute Gasteiger partial charge is 0.338 e. The fourth-order valence-corrected chi connectivity index (χ4v) is 9.28. The van der Waals surface area contributed by atoms with Crippen LogP contribution in [0.25, 0.3) is 0 Å². The molecular weight excluding hydrogens is 444 g/mol. The van der Waals surface area contributed by atoms with Gasteiger partial charge in [-0.3, -0.25) is 0 Å². The number of carbonyl (C=O) groups is 1. The summed E-state index contributed by atoms with van der Waals surface area (Å²) in [5.41, 5.74) is 0.468. The average molecular weight is 477 g/mol. The van der Waals surface area contributed by atoms with Crippen molar-refractivity contribution >= 4 is 24.7 Å². The third-order valence-electron chi connectivity index (χ3n) is 6.33. The van der Waals surface area contributed by atoms with E-state index in [-0.39, 0.29) is 18.1 Å². The Morgan fingerprint density at radius 2 is 1.41 bits per heavy atom. The van der Waals surface area contributed by atoms with Gasteiger partial charge in [0.25, 0.3) is 8.32 Å². The molecule has 1 saturated heterocycles. The van der Waals surface area contributed by atoms with E-state index in [1.807, 2.05) is 42.5 Å². The molecule has 0 aliphatic carbocycles. The van der Waals surface area contributed by atoms with E-state index in [1.165, 1.54) is 0 Å². The molecule has 0 saturated carbocycles. The summed E-state index contributed by atoms with van der Waals surface area (Å²) < 4.78 is 18.4. The second-order valence-electron chi connectivity index (χ2n) is 9.65. The highest BCUT2D eigenvalue weighted by molar-refractivity contribution is 6.99. The molecule has 1 N–H and O–H groups in total. The molecule has 1 heterocycles. The molecule has 3 atom stereocenters. The summed E-state index contributed by atoms with van der Waals surface area (Å²) in [7, 11) is -2.77. The Morgan fingerprint density at radius 3 is 1.91 bits per heavy atom. The number of hydrogen-bond donors (Lipinski definition) is 1. The van der Waals surface area contributed by atoms with Crippen LogP contribution >= 0.6 is 0 Å². The first-order valence-corrected chi connectivity index (χ1v) is 13.6. The van der Waals surface area contributed by atoms with Gasteiger partial charge in [0.2, 0.25) is 0 Å². The van der Waals surface area contributed by atoms with Gasteiger partial charge in [-0.15, -0.1) is 0 Å². The van der Waals surface area contributed by atoms with E-state index < -0.39 is 32.8 Å². The number of ether oxygens (including phenoxy) is 2. The lowest BCUT2D eigenvalue weighted by molar-refractivity contribution is -0.106. The predicted octanol–water partition coefficient (Wildman–Crippen LogP) is 3.90. The Bertz CT molecular complexity index is 1030. The molecule has 34 heavy (non-hydrogen) atoms. The molecule has 1 unspecified atom stereocenters. The van der Waals surface area contributed by atoms with E-state index >= 15 is 0 Å². The molecular formula is C28H32O5Si. The van der Waals surface area contributed by atoms with Crippen molar-refractivity contribution in [3.63, 3.8) is 0 Å². The number of hydrogen-bond acceptors (Lipinski definition) is 5. The minimum Gasteiger partial charge on any atom is -0.456 e. The minimum absolute atomic E-state index is 0.191. The van der Waals surface area contributed by atoms with Crippen molar-refractivity contribution in [2.75, 3.05) is 6.61 Å². The molecule has 0 bridgehead atoms. The van der Waals surface area contributed by atoms with Crippen LogP contribution in [0, 0.1) is 0 Å². The number of rotatable bonds is 7. The molecule has 6 heteroatoms. The normalized spacial score (nSPS) is 20.8. The molecule has 0 spiro atoms. The molecule has 3 aromatic carbocycles. The van der Waals surface area contributed by atoms with Crippen LogP contribution in [0.5, 0.6) is 0 Å². The zero-order valence-corrected chi connectivity index (χ0v) is 20.9. The third-order valence-corrected chi connectivity index (χ3v) is 11.3. The van der Waals surface area contributed by atoms with Crippen molar-refractivity contribution in [1.82, 2.24) is 0 Å². The molecule has 0 amide bonds. The molecule has 3 aromatic rings. The molecule has 1 fully saturated rings. The van der Waals surface area contributed by atoms with E-state index in [0.29, 0.717) is 5.56 Å². The average Bonchev–Trinajstić information content (AvgIpc) is 3.19. The van der Waals surface area contributed by atoms with Crippen molar-refractivity contribution in [3.05, 3.63) is 96.6 Å². The molecule has 0 aromatic heterocycles. The second-order valence-corrected chi connectivity index (χ2v) is 14.0. The van der Waals surface area contributed by atoms with E-state index in [4.69, 9.17) is 13.9 Å². The SMILES string of the molecule is CC(C)(C)[Si](OC[C@H]1O[C@H](O)CC1OC(=O)c1ccccc1)(c1ccccc1)c1ccccc1. The summed E-state index contributed by atoms with van der Waals surface area (Å²) in [6.45, 7) is 6.82. The monoisotopic (exact) mass is 476 g/mol. The lowest BCUT2D eigenvalue weighted by atomic mass is 10.2. The Labute approximate surface area is 202 Å². The molecule has 1 aliphatic rings. The zero-order chi connectivity index (χ0) is 24.2. The summed E-state index contributed by atoms with van der Waals surface area (Å²) in [6.07, 6.45) is -1.94. The molecule has 0 radical (unpaired) electrons. The van der Waals surface area contributed by atoms with Crippen LogP contribution in [-0.4, -0.2) is 44.5 Å². The van der Waals surface area contributed by atoms with E-state index in [0.717, 1.165) is 10.4 Å². The van der Waals surface area contributed by atoms with Gasteiger partial charge in [-0.1, -0.05) is 99.6 Å². The van der Waals surface area contributed by atoms with Gasteiger partial charge in [0.15, 0.2) is 6.29 Å². The van der Waals surface area contributed by atoms with Gasteiger partial charge in [-0.05, 0) is 27.5 Å². The highest BCUT2D eigenvalue weighted by atomic mass is 28.4. The standard InChI is InChI=1S/C28H32O5Si/c1-28(2,3)34(22-15-9-5-10-16-22,23-17-11-6-12-18-23)31-20-25-24(19-26(29)32-25)33-27(30)21-13-7-4-8-14-21/h4-18,24-26,29H,19-20H2,1-3H3/t24?,25-,26+/m1/s1. The number of esters is 1. The number of aliphatic hydroxyl groups is 1. The van der Waals surface area contributed by atoms with Gasteiger partial charge < -0.3 is 19.0 Å². The molecule has 4 rings (SSSR count). The predicted molar refractivity (Wildman–Crippen MR) is 135 cm³/mol. The summed E-state index contributed by atoms with van der Waals surface area (Å²) in [5, 5.41) is 12.3. The highest BCUT2D eigenvalue weighted by Gasteiger charge is 2.51. The molecule has 178 valence electrons. The third kappa shape index (κ3) is 5.00. The van der Waals surface area contributed by atoms with Gasteiger partial charge in [0.05, 0.1) is 12.2 Å². The quantitative estimate of drug-likeness (QED) is 0.414. The fraction of sp³-hybridized carbons (Fsp3) is 0.321. The van der Waals surface area contributed by atoms with Gasteiger partial charge in [0, 0.05) is 6.42 Å². The van der Waals surface area contributed by atoms with Crippen LogP contribution in [0.3, 0.4) is 0 Å². The molecule has 5 nitrogen and oxygen atoms in total. The topological polar surface area (TPSA) is 65.0 Å². The van der Waals surface area contributed by atoms with Crippen molar-refractivity contribution in [2.45, 2.75) is 50.7 Å². The summed E-state index contributed by atoms with van der Waals surface area (Å²) in [5.74, 6) is -0.432. The summed E-state index contributed by atoms with van der Waals surface area (Å²) >= 11 is 0. The van der Waals surface area contributed by atoms with Gasteiger partial charge in [0.1, 0.15) is 12.2 Å². The fourth-order valence-electron chi connectivity index (χ4n) is 4.71. The van der Waals surface area contributed by atoms with Gasteiger partial charge in [-0.2, -0.15) is 0 Å². The minimum atomic E-state index is -2.77. The van der Waals surface area contributed by atoms with Crippen LogP contribution in [-0.2, 0) is 13.9 Å². The Kier molecular flexibility index (Phi) is 7.33. The van der Waals surface area contributed by atoms with Gasteiger partial charge >= 0.3 is 5.97 Å². The maximum Gasteiger partial charge on any atom is 0.338 e. The van der Waals surface area contributed by atoms with Crippen LogP contribution in [0.15, 0.2) is 91.0 Å². The number of aliphatic hydroxyl groups excluding tert-OH is 1. The largest absolute Gasteiger partial charge is 0.456 e. The maximum absolute atomic E-state index is 12.7. The lowest BCUT2D eigenvalue weighted by Gasteiger charge is -2.43. The van der Waals surface area contributed by atoms with E-state index in [9.17, 15) is 9.90 Å².